The maximum absolute atomic E-state index is 11.2. The molecule has 0 bridgehead atoms. The zero-order chi connectivity index (χ0) is 13.7. The van der Waals surface area contributed by atoms with Gasteiger partial charge in [0.15, 0.2) is 0 Å². The maximum Gasteiger partial charge on any atom is 0.132 e. The van der Waals surface area contributed by atoms with Gasteiger partial charge in [-0.25, -0.2) is 0 Å². The number of benzene rings is 1. The summed E-state index contributed by atoms with van der Waals surface area (Å²) >= 11 is 0. The predicted octanol–water partition coefficient (Wildman–Crippen LogP) is 3.60. The van der Waals surface area contributed by atoms with Gasteiger partial charge in [-0.05, 0) is 26.0 Å². The van der Waals surface area contributed by atoms with Crippen LogP contribution in [0.25, 0.3) is 0 Å². The molecule has 1 atom stereocenters. The molecule has 0 fully saturated rings. The molecule has 0 saturated heterocycles. The predicted molar refractivity (Wildman–Crippen MR) is 78.0 cm³/mol. The van der Waals surface area contributed by atoms with E-state index in [1.807, 2.05) is 52.1 Å². The highest BCUT2D eigenvalue weighted by molar-refractivity contribution is 5.99. The molecular formula is C15H22N2O. The Balaban J connectivity index is 0.000000771. The van der Waals surface area contributed by atoms with E-state index < -0.39 is 0 Å². The van der Waals surface area contributed by atoms with Crippen LogP contribution in [-0.4, -0.2) is 24.6 Å². The van der Waals surface area contributed by atoms with Gasteiger partial charge in [-0.2, -0.15) is 0 Å². The largest absolute Gasteiger partial charge is 0.364 e. The zero-order valence-electron chi connectivity index (χ0n) is 11.9. The number of rotatable bonds is 2. The van der Waals surface area contributed by atoms with Crippen LogP contribution in [0, 0.1) is 0 Å². The lowest BCUT2D eigenvalue weighted by molar-refractivity contribution is -0.117. The van der Waals surface area contributed by atoms with Crippen LogP contribution in [0.4, 0.5) is 11.4 Å². The molecule has 1 aliphatic heterocycles. The van der Waals surface area contributed by atoms with Gasteiger partial charge in [0.1, 0.15) is 5.78 Å². The topological polar surface area (TPSA) is 32.7 Å². The fourth-order valence-electron chi connectivity index (χ4n) is 2.13. The van der Waals surface area contributed by atoms with Gasteiger partial charge in [-0.15, -0.1) is 0 Å². The second-order valence-electron chi connectivity index (χ2n) is 4.27. The van der Waals surface area contributed by atoms with E-state index in [1.165, 1.54) is 0 Å². The number of anilines is 1. The number of para-hydroxylation sites is 2. The van der Waals surface area contributed by atoms with E-state index in [0.29, 0.717) is 6.42 Å². The first kappa shape index (κ1) is 14.4. The summed E-state index contributed by atoms with van der Waals surface area (Å²) < 4.78 is 0. The van der Waals surface area contributed by atoms with Gasteiger partial charge >= 0.3 is 0 Å². The molecule has 1 aromatic rings. The Hall–Kier alpha value is -1.64. The fraction of sp³-hybridized carbons (Fsp3) is 0.467. The normalized spacial score (nSPS) is 17.3. The summed E-state index contributed by atoms with van der Waals surface area (Å²) in [5.74, 6) is 0.200. The minimum Gasteiger partial charge on any atom is -0.364 e. The number of hydrogen-bond acceptors (Lipinski definition) is 3. The third kappa shape index (κ3) is 2.97. The van der Waals surface area contributed by atoms with E-state index in [-0.39, 0.29) is 11.8 Å². The van der Waals surface area contributed by atoms with Crippen LogP contribution in [0.15, 0.2) is 29.3 Å². The summed E-state index contributed by atoms with van der Waals surface area (Å²) in [6, 6.07) is 8.12. The van der Waals surface area contributed by atoms with Gasteiger partial charge < -0.3 is 4.90 Å². The first-order valence-corrected chi connectivity index (χ1v) is 6.46. The second kappa shape index (κ2) is 6.34. The monoisotopic (exact) mass is 246 g/mol. The molecule has 3 nitrogen and oxygen atoms in total. The van der Waals surface area contributed by atoms with Crippen LogP contribution >= 0.6 is 0 Å². The van der Waals surface area contributed by atoms with Gasteiger partial charge in [0.2, 0.25) is 0 Å². The van der Waals surface area contributed by atoms with Crippen molar-refractivity contribution < 1.29 is 4.79 Å². The molecule has 0 aliphatic carbocycles. The number of ketones is 1. The van der Waals surface area contributed by atoms with Crippen molar-refractivity contribution in [1.82, 2.24) is 0 Å². The Morgan fingerprint density at radius 1 is 1.33 bits per heavy atom. The Morgan fingerprint density at radius 2 is 1.94 bits per heavy atom. The molecule has 0 saturated carbocycles. The van der Waals surface area contributed by atoms with Gasteiger partial charge in [0.05, 0.1) is 17.4 Å². The maximum atomic E-state index is 11.2. The first-order chi connectivity index (χ1) is 8.59. The molecule has 1 aliphatic rings. The van der Waals surface area contributed by atoms with Gasteiger partial charge in [-0.3, -0.25) is 9.79 Å². The lowest BCUT2D eigenvalue weighted by Gasteiger charge is -2.34. The van der Waals surface area contributed by atoms with Crippen LogP contribution in [0.5, 0.6) is 0 Å². The van der Waals surface area contributed by atoms with E-state index in [1.54, 1.807) is 6.92 Å². The average Bonchev–Trinajstić information content (AvgIpc) is 2.37. The zero-order valence-corrected chi connectivity index (χ0v) is 11.9. The lowest BCUT2D eigenvalue weighted by Crippen LogP contribution is -2.40. The van der Waals surface area contributed by atoms with Crippen molar-refractivity contribution in [2.75, 3.05) is 11.9 Å². The molecule has 0 radical (unpaired) electrons. The standard InChI is InChI=1S/C13H16N2O.C2H6/c1-9(16)8-13-10(2)14-11-6-4-5-7-12(11)15(13)3;1-2/h4-7,13H,8H2,1-3H3;1-2H3. The summed E-state index contributed by atoms with van der Waals surface area (Å²) in [6.07, 6.45) is 0.528. The molecule has 0 amide bonds. The summed E-state index contributed by atoms with van der Waals surface area (Å²) in [4.78, 5) is 17.9. The van der Waals surface area contributed by atoms with Gasteiger partial charge in [-0.1, -0.05) is 26.0 Å². The quantitative estimate of drug-likeness (QED) is 0.798. The van der Waals surface area contributed by atoms with Crippen LogP contribution in [0.1, 0.15) is 34.1 Å². The van der Waals surface area contributed by atoms with Crippen molar-refractivity contribution in [1.29, 1.82) is 0 Å². The minimum absolute atomic E-state index is 0.104. The number of hydrogen-bond donors (Lipinski definition) is 0. The van der Waals surface area contributed by atoms with E-state index in [9.17, 15) is 4.79 Å². The summed E-state index contributed by atoms with van der Waals surface area (Å²) in [5, 5.41) is 0. The minimum atomic E-state index is 0.104. The molecule has 1 heterocycles. The summed E-state index contributed by atoms with van der Waals surface area (Å²) in [6.45, 7) is 7.61. The van der Waals surface area contributed by atoms with Crippen molar-refractivity contribution in [2.24, 2.45) is 4.99 Å². The molecule has 2 rings (SSSR count). The molecular weight excluding hydrogens is 224 g/mol. The van der Waals surface area contributed by atoms with E-state index in [2.05, 4.69) is 9.89 Å². The first-order valence-electron chi connectivity index (χ1n) is 6.46. The Morgan fingerprint density at radius 3 is 2.56 bits per heavy atom. The fourth-order valence-corrected chi connectivity index (χ4v) is 2.13. The number of carbonyl (C=O) groups is 1. The summed E-state index contributed by atoms with van der Waals surface area (Å²) in [7, 11) is 2.02. The highest BCUT2D eigenvalue weighted by atomic mass is 16.1. The SMILES string of the molecule is CC.CC(=O)CC1C(C)=Nc2ccccc2N1C. The van der Waals surface area contributed by atoms with E-state index in [0.717, 1.165) is 17.1 Å². The third-order valence-corrected chi connectivity index (χ3v) is 2.99. The van der Waals surface area contributed by atoms with Crippen molar-refractivity contribution in [3.63, 3.8) is 0 Å². The highest BCUT2D eigenvalue weighted by Crippen LogP contribution is 2.33. The van der Waals surface area contributed by atoms with E-state index in [4.69, 9.17) is 0 Å². The third-order valence-electron chi connectivity index (χ3n) is 2.99. The molecule has 18 heavy (non-hydrogen) atoms. The van der Waals surface area contributed by atoms with Crippen LogP contribution in [-0.2, 0) is 4.79 Å². The smallest absolute Gasteiger partial charge is 0.132 e. The number of Topliss-reactive ketones (excluding diaryl/α,β-unsaturated/α-hetero) is 1. The number of fused-ring (bicyclic) bond motifs is 1. The second-order valence-corrected chi connectivity index (χ2v) is 4.27. The van der Waals surface area contributed by atoms with Crippen LogP contribution < -0.4 is 4.90 Å². The van der Waals surface area contributed by atoms with Gasteiger partial charge in [0, 0.05) is 19.2 Å². The van der Waals surface area contributed by atoms with Crippen molar-refractivity contribution in [3.8, 4) is 0 Å². The molecule has 1 aromatic carbocycles. The van der Waals surface area contributed by atoms with Crippen LogP contribution in [0.2, 0.25) is 0 Å². The molecule has 0 aromatic heterocycles. The Kier molecular flexibility index (Phi) is 5.08. The molecule has 3 heteroatoms. The lowest BCUT2D eigenvalue weighted by atomic mass is 10.0. The summed E-state index contributed by atoms with van der Waals surface area (Å²) in [5.41, 5.74) is 3.10. The Labute approximate surface area is 110 Å². The van der Waals surface area contributed by atoms with E-state index >= 15 is 0 Å². The highest BCUT2D eigenvalue weighted by Gasteiger charge is 2.25. The number of nitrogens with zero attached hydrogens (tertiary/aromatic N) is 2. The average molecular weight is 246 g/mol. The molecule has 0 N–H and O–H groups in total. The van der Waals surface area contributed by atoms with Crippen molar-refractivity contribution in [2.45, 2.75) is 40.2 Å². The van der Waals surface area contributed by atoms with Crippen molar-refractivity contribution in [3.05, 3.63) is 24.3 Å². The Bertz CT molecular complexity index is 452. The number of carbonyl (C=O) groups excluding carboxylic acids is 1. The van der Waals surface area contributed by atoms with Gasteiger partial charge in [0.25, 0.3) is 0 Å². The number of aliphatic imine (C=N–C) groups is 1. The molecule has 98 valence electrons. The molecule has 0 spiro atoms. The van der Waals surface area contributed by atoms with Crippen molar-refractivity contribution >= 4 is 22.9 Å². The van der Waals surface area contributed by atoms with Crippen LogP contribution in [0.3, 0.4) is 0 Å². The molecule has 1 unspecified atom stereocenters.